The highest BCUT2D eigenvalue weighted by molar-refractivity contribution is 5.97. The Kier molecular flexibility index (Phi) is 9.51. The molecule has 180 valence electrons. The van der Waals surface area contributed by atoms with Gasteiger partial charge in [-0.1, -0.05) is 19.4 Å². The first-order chi connectivity index (χ1) is 16.5. The van der Waals surface area contributed by atoms with Gasteiger partial charge in [0.2, 0.25) is 5.91 Å². The lowest BCUT2D eigenvalue weighted by Gasteiger charge is -2.16. The number of carbonyl (C=O) groups excluding carboxylic acids is 1. The van der Waals surface area contributed by atoms with Crippen molar-refractivity contribution < 1.29 is 14.3 Å². The number of unbranched alkanes of at least 4 members (excludes halogenated alkanes) is 1. The molecule has 0 aliphatic rings. The summed E-state index contributed by atoms with van der Waals surface area (Å²) >= 11 is 0. The molecule has 34 heavy (non-hydrogen) atoms. The van der Waals surface area contributed by atoms with Crippen molar-refractivity contribution in [2.45, 2.75) is 58.4 Å². The second-order valence-electron chi connectivity index (χ2n) is 8.66. The van der Waals surface area contributed by atoms with E-state index in [1.807, 2.05) is 43.5 Å². The monoisotopic (exact) mass is 460 g/mol. The van der Waals surface area contributed by atoms with Gasteiger partial charge >= 0.3 is 0 Å². The molecule has 0 aliphatic carbocycles. The van der Waals surface area contributed by atoms with Crippen molar-refractivity contribution in [3.8, 4) is 11.5 Å². The van der Waals surface area contributed by atoms with Gasteiger partial charge in [-0.2, -0.15) is 0 Å². The SMILES string of the molecule is CCCCc1c(/C=C/C(=O)N[C@H](C)CCCc2cccnc2)cc(OC)c2ccc(OC)cc12. The van der Waals surface area contributed by atoms with E-state index in [9.17, 15) is 4.79 Å². The second-order valence-corrected chi connectivity index (χ2v) is 8.66. The first kappa shape index (κ1) is 25.3. The first-order valence-corrected chi connectivity index (χ1v) is 12.1. The average Bonchev–Trinajstić information content (AvgIpc) is 2.86. The minimum absolute atomic E-state index is 0.0833. The molecule has 0 bridgehead atoms. The Bertz CT molecular complexity index is 1110. The molecule has 5 nitrogen and oxygen atoms in total. The van der Waals surface area contributed by atoms with Crippen LogP contribution in [-0.2, 0) is 17.6 Å². The summed E-state index contributed by atoms with van der Waals surface area (Å²) in [4.78, 5) is 16.8. The molecule has 2 aromatic carbocycles. The van der Waals surface area contributed by atoms with Crippen LogP contribution in [-0.4, -0.2) is 31.2 Å². The zero-order chi connectivity index (χ0) is 24.3. The number of hydrogen-bond acceptors (Lipinski definition) is 4. The fourth-order valence-electron chi connectivity index (χ4n) is 4.21. The molecule has 3 rings (SSSR count). The van der Waals surface area contributed by atoms with E-state index in [1.165, 1.54) is 11.1 Å². The van der Waals surface area contributed by atoms with Gasteiger partial charge < -0.3 is 14.8 Å². The minimum Gasteiger partial charge on any atom is -0.497 e. The number of nitrogens with one attached hydrogen (secondary N) is 1. The predicted molar refractivity (Wildman–Crippen MR) is 139 cm³/mol. The Balaban J connectivity index is 1.73. The minimum atomic E-state index is -0.0833. The molecule has 0 spiro atoms. The maximum absolute atomic E-state index is 12.6. The van der Waals surface area contributed by atoms with Gasteiger partial charge in [-0.3, -0.25) is 9.78 Å². The first-order valence-electron chi connectivity index (χ1n) is 12.1. The third-order valence-electron chi connectivity index (χ3n) is 6.08. The summed E-state index contributed by atoms with van der Waals surface area (Å²) in [6.07, 6.45) is 13.2. The molecule has 0 fully saturated rings. The van der Waals surface area contributed by atoms with Crippen molar-refractivity contribution in [1.82, 2.24) is 10.3 Å². The Morgan fingerprint density at radius 1 is 1.09 bits per heavy atom. The van der Waals surface area contributed by atoms with Gasteiger partial charge in [0, 0.05) is 29.9 Å². The van der Waals surface area contributed by atoms with Crippen LogP contribution in [0.5, 0.6) is 11.5 Å². The summed E-state index contributed by atoms with van der Waals surface area (Å²) in [6.45, 7) is 4.23. The van der Waals surface area contributed by atoms with E-state index < -0.39 is 0 Å². The van der Waals surface area contributed by atoms with Crippen molar-refractivity contribution in [3.63, 3.8) is 0 Å². The highest BCUT2D eigenvalue weighted by Crippen LogP contribution is 2.35. The molecule has 0 saturated heterocycles. The molecule has 0 aliphatic heterocycles. The quantitative estimate of drug-likeness (QED) is 0.330. The second kappa shape index (κ2) is 12.8. The Morgan fingerprint density at radius 3 is 2.65 bits per heavy atom. The fraction of sp³-hybridized carbons (Fsp3) is 0.379. The lowest BCUT2D eigenvalue weighted by molar-refractivity contribution is -0.117. The molecule has 1 atom stereocenters. The normalized spacial score (nSPS) is 12.1. The smallest absolute Gasteiger partial charge is 0.244 e. The van der Waals surface area contributed by atoms with Gasteiger partial charge in [-0.15, -0.1) is 0 Å². The van der Waals surface area contributed by atoms with Crippen LogP contribution in [0.15, 0.2) is 54.9 Å². The number of pyridine rings is 1. The van der Waals surface area contributed by atoms with Crippen LogP contribution in [0.3, 0.4) is 0 Å². The van der Waals surface area contributed by atoms with Crippen molar-refractivity contribution in [3.05, 3.63) is 71.6 Å². The van der Waals surface area contributed by atoms with Crippen LogP contribution in [0, 0.1) is 0 Å². The van der Waals surface area contributed by atoms with E-state index in [-0.39, 0.29) is 11.9 Å². The van der Waals surface area contributed by atoms with Crippen LogP contribution >= 0.6 is 0 Å². The van der Waals surface area contributed by atoms with Gasteiger partial charge in [0.05, 0.1) is 14.2 Å². The molecule has 3 aromatic rings. The summed E-state index contributed by atoms with van der Waals surface area (Å²) in [7, 11) is 3.36. The van der Waals surface area contributed by atoms with E-state index in [0.717, 1.165) is 66.4 Å². The lowest BCUT2D eigenvalue weighted by atomic mass is 9.93. The van der Waals surface area contributed by atoms with Crippen LogP contribution in [0.1, 0.15) is 56.2 Å². The summed E-state index contributed by atoms with van der Waals surface area (Å²) in [5, 5.41) is 5.25. The molecule has 1 amide bonds. The van der Waals surface area contributed by atoms with Gasteiger partial charge in [0.15, 0.2) is 0 Å². The number of benzene rings is 2. The number of aromatic nitrogens is 1. The van der Waals surface area contributed by atoms with Crippen LogP contribution in [0.25, 0.3) is 16.8 Å². The van der Waals surface area contributed by atoms with Crippen molar-refractivity contribution in [2.75, 3.05) is 14.2 Å². The number of rotatable bonds is 12. The molecule has 5 heteroatoms. The summed E-state index contributed by atoms with van der Waals surface area (Å²) in [5.74, 6) is 1.52. The average molecular weight is 461 g/mol. The Labute approximate surface area is 203 Å². The zero-order valence-electron chi connectivity index (χ0n) is 20.8. The summed E-state index contributed by atoms with van der Waals surface area (Å²) in [5.41, 5.74) is 3.44. The number of hydrogen-bond donors (Lipinski definition) is 1. The lowest BCUT2D eigenvalue weighted by Crippen LogP contribution is -2.31. The largest absolute Gasteiger partial charge is 0.497 e. The number of methoxy groups -OCH3 is 2. The van der Waals surface area contributed by atoms with E-state index in [2.05, 4.69) is 29.4 Å². The van der Waals surface area contributed by atoms with Crippen molar-refractivity contribution in [2.24, 2.45) is 0 Å². The van der Waals surface area contributed by atoms with Gasteiger partial charge in [-0.05, 0) is 97.5 Å². The number of amides is 1. The summed E-state index contributed by atoms with van der Waals surface area (Å²) in [6, 6.07) is 12.2. The number of ether oxygens (including phenoxy) is 2. The number of carbonyl (C=O) groups is 1. The molecule has 0 unspecified atom stereocenters. The standard InChI is InChI=1S/C29H36N2O3/c1-5-6-12-25-23(18-28(34-4)26-15-14-24(33-3)19-27(25)26)13-16-29(32)31-21(2)9-7-10-22-11-8-17-30-20-22/h8,11,13-21H,5-7,9-10,12H2,1-4H3,(H,31,32)/b16-13+/t21-/m1/s1. The Hall–Kier alpha value is -3.34. The van der Waals surface area contributed by atoms with E-state index >= 15 is 0 Å². The predicted octanol–water partition coefficient (Wildman–Crippen LogP) is 6.14. The molecular formula is C29H36N2O3. The van der Waals surface area contributed by atoms with Crippen LogP contribution < -0.4 is 14.8 Å². The maximum Gasteiger partial charge on any atom is 0.244 e. The zero-order valence-corrected chi connectivity index (χ0v) is 20.8. The molecule has 1 heterocycles. The van der Waals surface area contributed by atoms with Gasteiger partial charge in [0.1, 0.15) is 11.5 Å². The highest BCUT2D eigenvalue weighted by Gasteiger charge is 2.13. The van der Waals surface area contributed by atoms with Crippen LogP contribution in [0.2, 0.25) is 0 Å². The number of nitrogens with zero attached hydrogens (tertiary/aromatic N) is 1. The van der Waals surface area contributed by atoms with E-state index in [0.29, 0.717) is 0 Å². The van der Waals surface area contributed by atoms with E-state index in [4.69, 9.17) is 9.47 Å². The highest BCUT2D eigenvalue weighted by atomic mass is 16.5. The van der Waals surface area contributed by atoms with Crippen molar-refractivity contribution in [1.29, 1.82) is 0 Å². The molecule has 1 aromatic heterocycles. The molecule has 0 radical (unpaired) electrons. The van der Waals surface area contributed by atoms with Gasteiger partial charge in [0.25, 0.3) is 0 Å². The number of aryl methyl sites for hydroxylation is 2. The van der Waals surface area contributed by atoms with Gasteiger partial charge in [-0.25, -0.2) is 0 Å². The van der Waals surface area contributed by atoms with E-state index in [1.54, 1.807) is 26.5 Å². The van der Waals surface area contributed by atoms with Crippen molar-refractivity contribution >= 4 is 22.8 Å². The molecule has 1 N–H and O–H groups in total. The third-order valence-corrected chi connectivity index (χ3v) is 6.08. The fourth-order valence-corrected chi connectivity index (χ4v) is 4.21. The molecule has 0 saturated carbocycles. The van der Waals surface area contributed by atoms with Crippen LogP contribution in [0.4, 0.5) is 0 Å². The Morgan fingerprint density at radius 2 is 1.94 bits per heavy atom. The molecular weight excluding hydrogens is 424 g/mol. The summed E-state index contributed by atoms with van der Waals surface area (Å²) < 4.78 is 11.1. The topological polar surface area (TPSA) is 60.5 Å². The maximum atomic E-state index is 12.6. The number of fused-ring (bicyclic) bond motifs is 1. The third kappa shape index (κ3) is 6.83.